The number of allylic oxidation sites excluding steroid dienone is 2. The van der Waals surface area contributed by atoms with Crippen LogP contribution in [0.25, 0.3) is 0 Å². The summed E-state index contributed by atoms with van der Waals surface area (Å²) in [7, 11) is 2.66. The van der Waals surface area contributed by atoms with E-state index in [9.17, 15) is 9.59 Å². The molecule has 0 aromatic heterocycles. The van der Waals surface area contributed by atoms with Crippen LogP contribution in [0.15, 0.2) is 12.2 Å². The lowest BCUT2D eigenvalue weighted by molar-refractivity contribution is -0.157. The van der Waals surface area contributed by atoms with Crippen LogP contribution in [-0.2, 0) is 19.1 Å². The van der Waals surface area contributed by atoms with Crippen LogP contribution in [0.3, 0.4) is 0 Å². The molecule has 0 heterocycles. The van der Waals surface area contributed by atoms with Gasteiger partial charge in [-0.25, -0.2) is 0 Å². The second-order valence-corrected chi connectivity index (χ2v) is 3.20. The van der Waals surface area contributed by atoms with Crippen molar-refractivity contribution in [1.82, 2.24) is 0 Å². The molecule has 0 fully saturated rings. The first-order valence-corrected chi connectivity index (χ1v) is 4.51. The van der Waals surface area contributed by atoms with Crippen molar-refractivity contribution in [3.05, 3.63) is 12.2 Å². The first kappa shape index (κ1) is 10.8. The molecule has 0 aliphatic heterocycles. The summed E-state index contributed by atoms with van der Waals surface area (Å²) < 4.78 is 9.27. The lowest BCUT2D eigenvalue weighted by Crippen LogP contribution is -2.32. The molecule has 0 bridgehead atoms. The molecule has 1 unspecified atom stereocenters. The van der Waals surface area contributed by atoms with Crippen LogP contribution >= 0.6 is 0 Å². The molecule has 78 valence electrons. The normalized spacial score (nSPS) is 25.6. The van der Waals surface area contributed by atoms with E-state index in [-0.39, 0.29) is 11.9 Å². The minimum absolute atomic E-state index is 0.343. The molecule has 0 aromatic carbocycles. The quantitative estimate of drug-likeness (QED) is 0.489. The van der Waals surface area contributed by atoms with Crippen LogP contribution in [0, 0.1) is 11.8 Å². The van der Waals surface area contributed by atoms with Crippen LogP contribution in [0.5, 0.6) is 0 Å². The average molecular weight is 198 g/mol. The van der Waals surface area contributed by atoms with Crippen molar-refractivity contribution < 1.29 is 19.1 Å². The van der Waals surface area contributed by atoms with Crippen LogP contribution in [0.2, 0.25) is 0 Å². The largest absolute Gasteiger partial charge is 0.469 e. The first-order valence-electron chi connectivity index (χ1n) is 4.51. The summed E-state index contributed by atoms with van der Waals surface area (Å²) in [6.45, 7) is 0. The molecule has 0 N–H and O–H groups in total. The highest BCUT2D eigenvalue weighted by Gasteiger charge is 2.35. The second-order valence-electron chi connectivity index (χ2n) is 3.20. The molecule has 14 heavy (non-hydrogen) atoms. The number of ether oxygens (including phenoxy) is 2. The van der Waals surface area contributed by atoms with Gasteiger partial charge in [-0.1, -0.05) is 12.2 Å². The molecular weight excluding hydrogens is 184 g/mol. The number of esters is 2. The number of hydrogen-bond acceptors (Lipinski definition) is 4. The van der Waals surface area contributed by atoms with Crippen molar-refractivity contribution in [2.24, 2.45) is 11.8 Å². The molecule has 1 aliphatic rings. The third-order valence-corrected chi connectivity index (χ3v) is 2.44. The van der Waals surface area contributed by atoms with Gasteiger partial charge in [0.25, 0.3) is 0 Å². The third-order valence-electron chi connectivity index (χ3n) is 2.44. The first-order chi connectivity index (χ1) is 6.70. The molecule has 0 aromatic rings. The van der Waals surface area contributed by atoms with E-state index in [0.717, 1.165) is 0 Å². The Morgan fingerprint density at radius 3 is 1.64 bits per heavy atom. The number of carbonyl (C=O) groups is 2. The van der Waals surface area contributed by atoms with Gasteiger partial charge in [0.1, 0.15) is 0 Å². The van der Waals surface area contributed by atoms with Crippen LogP contribution in [0.4, 0.5) is 0 Å². The number of rotatable bonds is 2. The lowest BCUT2D eigenvalue weighted by atomic mass is 9.83. The van der Waals surface area contributed by atoms with E-state index in [1.165, 1.54) is 14.2 Å². The molecule has 4 heteroatoms. The SMILES string of the molecule is COC(=O)C1CC=CC[C@@H]1C(=O)OC. The summed E-state index contributed by atoms with van der Waals surface area (Å²) in [4.78, 5) is 22.7. The predicted molar refractivity (Wildman–Crippen MR) is 49.4 cm³/mol. The zero-order chi connectivity index (χ0) is 10.6. The lowest BCUT2D eigenvalue weighted by Gasteiger charge is -2.23. The molecular formula is C10H14O4. The van der Waals surface area contributed by atoms with Crippen molar-refractivity contribution in [2.45, 2.75) is 12.8 Å². The van der Waals surface area contributed by atoms with E-state index in [0.29, 0.717) is 12.8 Å². The third kappa shape index (κ3) is 2.13. The predicted octanol–water partition coefficient (Wildman–Crippen LogP) is 0.915. The Morgan fingerprint density at radius 2 is 1.36 bits per heavy atom. The zero-order valence-corrected chi connectivity index (χ0v) is 8.36. The fourth-order valence-electron chi connectivity index (χ4n) is 1.64. The van der Waals surface area contributed by atoms with Gasteiger partial charge >= 0.3 is 11.9 Å². The van der Waals surface area contributed by atoms with Gasteiger partial charge in [0.2, 0.25) is 0 Å². The zero-order valence-electron chi connectivity index (χ0n) is 8.36. The number of methoxy groups -OCH3 is 2. The average Bonchev–Trinajstić information content (AvgIpc) is 2.27. The van der Waals surface area contributed by atoms with Gasteiger partial charge in [0.15, 0.2) is 0 Å². The maximum Gasteiger partial charge on any atom is 0.309 e. The maximum absolute atomic E-state index is 11.3. The fraction of sp³-hybridized carbons (Fsp3) is 0.600. The highest BCUT2D eigenvalue weighted by Crippen LogP contribution is 2.27. The topological polar surface area (TPSA) is 52.6 Å². The van der Waals surface area contributed by atoms with Gasteiger partial charge < -0.3 is 9.47 Å². The van der Waals surface area contributed by atoms with E-state index < -0.39 is 11.8 Å². The standard InChI is InChI=1S/C10H14O4/c1-13-9(11)7-5-3-4-6-8(7)10(12)14-2/h3-4,7-8H,5-6H2,1-2H3/t7-,8?/m0/s1. The Bertz CT molecular complexity index is 231. The summed E-state index contributed by atoms with van der Waals surface area (Å²) in [5, 5.41) is 0. The molecule has 0 amide bonds. The van der Waals surface area contributed by atoms with Gasteiger partial charge in [0.05, 0.1) is 26.1 Å². The highest BCUT2D eigenvalue weighted by molar-refractivity contribution is 5.82. The Hall–Kier alpha value is -1.32. The Kier molecular flexibility index (Phi) is 3.68. The minimum Gasteiger partial charge on any atom is -0.469 e. The van der Waals surface area contributed by atoms with Crippen LogP contribution < -0.4 is 0 Å². The molecule has 0 saturated heterocycles. The molecule has 4 nitrogen and oxygen atoms in total. The fourth-order valence-corrected chi connectivity index (χ4v) is 1.64. The molecule has 0 saturated carbocycles. The summed E-state index contributed by atoms with van der Waals surface area (Å²) in [6, 6.07) is 0. The summed E-state index contributed by atoms with van der Waals surface area (Å²) in [5.41, 5.74) is 0. The van der Waals surface area contributed by atoms with Crippen molar-refractivity contribution in [3.63, 3.8) is 0 Å². The van der Waals surface area contributed by atoms with E-state index in [1.54, 1.807) is 0 Å². The summed E-state index contributed by atoms with van der Waals surface area (Å²) >= 11 is 0. The molecule has 2 atom stereocenters. The molecule has 0 radical (unpaired) electrons. The Balaban J connectivity index is 2.75. The van der Waals surface area contributed by atoms with E-state index >= 15 is 0 Å². The minimum atomic E-state index is -0.391. The Morgan fingerprint density at radius 1 is 1.00 bits per heavy atom. The summed E-state index contributed by atoms with van der Waals surface area (Å²) in [5.74, 6) is -1.47. The maximum atomic E-state index is 11.3. The van der Waals surface area contributed by atoms with Crippen molar-refractivity contribution in [3.8, 4) is 0 Å². The monoisotopic (exact) mass is 198 g/mol. The highest BCUT2D eigenvalue weighted by atomic mass is 16.5. The Labute approximate surface area is 82.9 Å². The molecule has 1 rings (SSSR count). The number of carbonyl (C=O) groups excluding carboxylic acids is 2. The van der Waals surface area contributed by atoms with E-state index in [1.807, 2.05) is 12.2 Å². The van der Waals surface area contributed by atoms with Gasteiger partial charge in [-0.15, -0.1) is 0 Å². The van der Waals surface area contributed by atoms with E-state index in [2.05, 4.69) is 9.47 Å². The van der Waals surface area contributed by atoms with Crippen molar-refractivity contribution >= 4 is 11.9 Å². The smallest absolute Gasteiger partial charge is 0.309 e. The number of hydrogen-bond donors (Lipinski definition) is 0. The van der Waals surface area contributed by atoms with Crippen LogP contribution in [-0.4, -0.2) is 26.2 Å². The van der Waals surface area contributed by atoms with Gasteiger partial charge in [-0.3, -0.25) is 9.59 Å². The second kappa shape index (κ2) is 4.79. The van der Waals surface area contributed by atoms with E-state index in [4.69, 9.17) is 0 Å². The molecule has 1 aliphatic carbocycles. The summed E-state index contributed by atoms with van der Waals surface area (Å²) in [6.07, 6.45) is 4.88. The van der Waals surface area contributed by atoms with Gasteiger partial charge in [0, 0.05) is 0 Å². The van der Waals surface area contributed by atoms with Gasteiger partial charge in [-0.05, 0) is 12.8 Å². The van der Waals surface area contributed by atoms with Crippen molar-refractivity contribution in [1.29, 1.82) is 0 Å². The van der Waals surface area contributed by atoms with Gasteiger partial charge in [-0.2, -0.15) is 0 Å². The molecule has 0 spiro atoms. The van der Waals surface area contributed by atoms with Crippen molar-refractivity contribution in [2.75, 3.05) is 14.2 Å². The van der Waals surface area contributed by atoms with Crippen LogP contribution in [0.1, 0.15) is 12.8 Å².